The molecule has 0 amide bonds. The summed E-state index contributed by atoms with van der Waals surface area (Å²) in [6.45, 7) is 10.7. The third kappa shape index (κ3) is 4.52. The molecular formula is C13H27NO2. The Labute approximate surface area is 99.9 Å². The number of rotatable bonds is 7. The number of hydrogen-bond acceptors (Lipinski definition) is 3. The second-order valence-corrected chi connectivity index (χ2v) is 4.81. The molecule has 0 aromatic heterocycles. The summed E-state index contributed by atoms with van der Waals surface area (Å²) in [6.07, 6.45) is 2.00. The number of methoxy groups -OCH3 is 1. The lowest BCUT2D eigenvalue weighted by molar-refractivity contribution is -0.144. The molecule has 0 rings (SSSR count). The molecular weight excluding hydrogens is 202 g/mol. The van der Waals surface area contributed by atoms with E-state index >= 15 is 0 Å². The van der Waals surface area contributed by atoms with Crippen LogP contribution < -0.4 is 5.32 Å². The molecule has 3 heteroatoms. The molecule has 0 aliphatic carbocycles. The number of hydrogen-bond donors (Lipinski definition) is 1. The maximum atomic E-state index is 11.7. The Morgan fingerprint density at radius 3 is 2.06 bits per heavy atom. The van der Waals surface area contributed by atoms with Gasteiger partial charge < -0.3 is 10.1 Å². The number of nitrogens with one attached hydrogen (secondary N) is 1. The Hall–Kier alpha value is -0.570. The second kappa shape index (κ2) is 7.66. The standard InChI is InChI=1S/C13H27NO2/c1-7-10(5)12(13(15)16-6)14-11(8-2)9(3)4/h9-12,14H,7-8H2,1-6H3. The second-order valence-electron chi connectivity index (χ2n) is 4.81. The van der Waals surface area contributed by atoms with Gasteiger partial charge in [0, 0.05) is 6.04 Å². The largest absolute Gasteiger partial charge is 0.468 e. The van der Waals surface area contributed by atoms with Gasteiger partial charge in [0.2, 0.25) is 0 Å². The molecule has 1 N–H and O–H groups in total. The van der Waals surface area contributed by atoms with Crippen molar-refractivity contribution in [2.24, 2.45) is 11.8 Å². The molecule has 0 radical (unpaired) electrons. The lowest BCUT2D eigenvalue weighted by atomic mass is 9.95. The summed E-state index contributed by atoms with van der Waals surface area (Å²) in [7, 11) is 1.45. The first kappa shape index (κ1) is 15.4. The third-order valence-corrected chi connectivity index (χ3v) is 3.31. The highest BCUT2D eigenvalue weighted by Crippen LogP contribution is 2.14. The zero-order valence-corrected chi connectivity index (χ0v) is 11.5. The average Bonchev–Trinajstić information content (AvgIpc) is 2.28. The van der Waals surface area contributed by atoms with E-state index in [4.69, 9.17) is 4.74 Å². The lowest BCUT2D eigenvalue weighted by Crippen LogP contribution is -2.49. The van der Waals surface area contributed by atoms with Crippen molar-refractivity contribution in [1.29, 1.82) is 0 Å². The Bertz CT molecular complexity index is 204. The molecule has 0 aliphatic rings. The smallest absolute Gasteiger partial charge is 0.323 e. The van der Waals surface area contributed by atoms with Crippen LogP contribution in [0, 0.1) is 11.8 Å². The predicted molar refractivity (Wildman–Crippen MR) is 67.3 cm³/mol. The van der Waals surface area contributed by atoms with Gasteiger partial charge in [-0.1, -0.05) is 41.0 Å². The van der Waals surface area contributed by atoms with Crippen LogP contribution in [-0.4, -0.2) is 25.2 Å². The summed E-state index contributed by atoms with van der Waals surface area (Å²) in [5.41, 5.74) is 0. The molecule has 3 nitrogen and oxygen atoms in total. The van der Waals surface area contributed by atoms with Gasteiger partial charge in [-0.05, 0) is 18.3 Å². The molecule has 3 unspecified atom stereocenters. The minimum Gasteiger partial charge on any atom is -0.468 e. The van der Waals surface area contributed by atoms with E-state index in [1.54, 1.807) is 0 Å². The van der Waals surface area contributed by atoms with Gasteiger partial charge in [0.25, 0.3) is 0 Å². The molecule has 0 aliphatic heterocycles. The summed E-state index contributed by atoms with van der Waals surface area (Å²) in [5, 5.41) is 3.43. The third-order valence-electron chi connectivity index (χ3n) is 3.31. The van der Waals surface area contributed by atoms with E-state index in [0.29, 0.717) is 17.9 Å². The van der Waals surface area contributed by atoms with E-state index in [1.807, 2.05) is 0 Å². The molecule has 0 aromatic rings. The van der Waals surface area contributed by atoms with E-state index in [2.05, 4.69) is 39.9 Å². The van der Waals surface area contributed by atoms with E-state index < -0.39 is 0 Å². The quantitative estimate of drug-likeness (QED) is 0.682. The van der Waals surface area contributed by atoms with Crippen LogP contribution in [0.15, 0.2) is 0 Å². The summed E-state index contributed by atoms with van der Waals surface area (Å²) in [5.74, 6) is 0.690. The molecule has 0 heterocycles. The molecule has 0 fully saturated rings. The topological polar surface area (TPSA) is 38.3 Å². The molecule has 0 saturated carbocycles. The van der Waals surface area contributed by atoms with Crippen molar-refractivity contribution in [3.63, 3.8) is 0 Å². The first-order valence-electron chi connectivity index (χ1n) is 6.31. The SMILES string of the molecule is CCC(C)C(NC(CC)C(C)C)C(=O)OC. The minimum absolute atomic E-state index is 0.145. The van der Waals surface area contributed by atoms with Gasteiger partial charge in [0.05, 0.1) is 7.11 Å². The monoisotopic (exact) mass is 229 g/mol. The molecule has 96 valence electrons. The Morgan fingerprint density at radius 2 is 1.75 bits per heavy atom. The van der Waals surface area contributed by atoms with Crippen molar-refractivity contribution in [1.82, 2.24) is 5.32 Å². The minimum atomic E-state index is -0.178. The number of carbonyl (C=O) groups excluding carboxylic acids is 1. The zero-order chi connectivity index (χ0) is 12.7. The summed E-state index contributed by atoms with van der Waals surface area (Å²) < 4.78 is 4.86. The molecule has 0 aromatic carbocycles. The van der Waals surface area contributed by atoms with Crippen LogP contribution in [0.5, 0.6) is 0 Å². The highest BCUT2D eigenvalue weighted by Gasteiger charge is 2.27. The fourth-order valence-electron chi connectivity index (χ4n) is 1.84. The molecule has 3 atom stereocenters. The number of carbonyl (C=O) groups is 1. The van der Waals surface area contributed by atoms with E-state index in [0.717, 1.165) is 12.8 Å². The highest BCUT2D eigenvalue weighted by atomic mass is 16.5. The van der Waals surface area contributed by atoms with Gasteiger partial charge in [-0.25, -0.2) is 0 Å². The zero-order valence-electron chi connectivity index (χ0n) is 11.5. The van der Waals surface area contributed by atoms with Crippen LogP contribution in [0.3, 0.4) is 0 Å². The number of esters is 1. The van der Waals surface area contributed by atoms with Gasteiger partial charge in [-0.15, -0.1) is 0 Å². The first-order chi connectivity index (χ1) is 7.47. The Kier molecular flexibility index (Phi) is 7.39. The summed E-state index contributed by atoms with van der Waals surface area (Å²) in [4.78, 5) is 11.7. The van der Waals surface area contributed by atoms with Gasteiger partial charge >= 0.3 is 5.97 Å². The van der Waals surface area contributed by atoms with Crippen LogP contribution in [0.4, 0.5) is 0 Å². The van der Waals surface area contributed by atoms with Crippen LogP contribution in [0.25, 0.3) is 0 Å². The molecule has 0 bridgehead atoms. The van der Waals surface area contributed by atoms with Crippen LogP contribution >= 0.6 is 0 Å². The normalized spacial score (nSPS) is 16.9. The average molecular weight is 229 g/mol. The van der Waals surface area contributed by atoms with Crippen molar-refractivity contribution >= 4 is 5.97 Å². The molecule has 16 heavy (non-hydrogen) atoms. The van der Waals surface area contributed by atoms with Gasteiger partial charge in [0.1, 0.15) is 6.04 Å². The van der Waals surface area contributed by atoms with Crippen molar-refractivity contribution in [3.05, 3.63) is 0 Å². The maximum absolute atomic E-state index is 11.7. The van der Waals surface area contributed by atoms with Crippen molar-refractivity contribution in [2.45, 2.75) is 59.5 Å². The fraction of sp³-hybridized carbons (Fsp3) is 0.923. The van der Waals surface area contributed by atoms with Crippen LogP contribution in [-0.2, 0) is 9.53 Å². The summed E-state index contributed by atoms with van der Waals surface area (Å²) >= 11 is 0. The van der Waals surface area contributed by atoms with Crippen molar-refractivity contribution in [3.8, 4) is 0 Å². The Balaban J connectivity index is 4.58. The lowest BCUT2D eigenvalue weighted by Gasteiger charge is -2.29. The van der Waals surface area contributed by atoms with Crippen molar-refractivity contribution < 1.29 is 9.53 Å². The van der Waals surface area contributed by atoms with E-state index in [-0.39, 0.29) is 12.0 Å². The highest BCUT2D eigenvalue weighted by molar-refractivity contribution is 5.76. The molecule has 0 spiro atoms. The number of ether oxygens (including phenoxy) is 1. The fourth-order valence-corrected chi connectivity index (χ4v) is 1.84. The summed E-state index contributed by atoms with van der Waals surface area (Å²) in [6, 6.07) is 0.195. The maximum Gasteiger partial charge on any atom is 0.323 e. The van der Waals surface area contributed by atoms with Gasteiger partial charge in [0.15, 0.2) is 0 Å². The van der Waals surface area contributed by atoms with Gasteiger partial charge in [-0.2, -0.15) is 0 Å². The van der Waals surface area contributed by atoms with Crippen molar-refractivity contribution in [2.75, 3.05) is 7.11 Å². The predicted octanol–water partition coefficient (Wildman–Crippen LogP) is 2.60. The first-order valence-corrected chi connectivity index (χ1v) is 6.31. The Morgan fingerprint density at radius 1 is 1.19 bits per heavy atom. The van der Waals surface area contributed by atoms with E-state index in [9.17, 15) is 4.79 Å². The van der Waals surface area contributed by atoms with E-state index in [1.165, 1.54) is 7.11 Å². The van der Waals surface area contributed by atoms with Crippen LogP contribution in [0.1, 0.15) is 47.5 Å². The van der Waals surface area contributed by atoms with Crippen LogP contribution in [0.2, 0.25) is 0 Å². The van der Waals surface area contributed by atoms with Gasteiger partial charge in [-0.3, -0.25) is 4.79 Å². The molecule has 0 saturated heterocycles.